The molecular formula is C13H18N2O3S. The van der Waals surface area contributed by atoms with Gasteiger partial charge < -0.3 is 4.74 Å². The second-order valence-corrected chi connectivity index (χ2v) is 6.21. The molecule has 19 heavy (non-hydrogen) atoms. The molecule has 1 aromatic carbocycles. The lowest BCUT2D eigenvalue weighted by molar-refractivity contribution is 0.147. The van der Waals surface area contributed by atoms with Crippen LogP contribution in [0.25, 0.3) is 0 Å². The van der Waals surface area contributed by atoms with Crippen LogP contribution in [0.1, 0.15) is 24.8 Å². The normalized spacial score (nSPS) is 19.1. The van der Waals surface area contributed by atoms with Crippen molar-refractivity contribution in [2.75, 3.05) is 13.2 Å². The lowest BCUT2D eigenvalue weighted by atomic mass is 10.2. The van der Waals surface area contributed by atoms with E-state index in [1.54, 1.807) is 24.3 Å². The highest BCUT2D eigenvalue weighted by Crippen LogP contribution is 2.10. The van der Waals surface area contributed by atoms with Gasteiger partial charge in [-0.3, -0.25) is 0 Å². The molecule has 5 nitrogen and oxygen atoms in total. The summed E-state index contributed by atoms with van der Waals surface area (Å²) in [4.78, 5) is 2.53. The van der Waals surface area contributed by atoms with Gasteiger partial charge in [0.05, 0.1) is 11.5 Å². The number of hydrogen-bond donors (Lipinski definition) is 1. The third kappa shape index (κ3) is 4.04. The Balaban J connectivity index is 2.08. The molecule has 1 heterocycles. The second kappa shape index (κ2) is 6.16. The quantitative estimate of drug-likeness (QED) is 0.860. The highest BCUT2D eigenvalue weighted by Gasteiger charge is 2.13. The summed E-state index contributed by atoms with van der Waals surface area (Å²) in [5.74, 6) is 0. The third-order valence-corrected chi connectivity index (χ3v) is 4.17. The van der Waals surface area contributed by atoms with E-state index in [0.29, 0.717) is 19.6 Å². The number of benzene rings is 1. The van der Waals surface area contributed by atoms with E-state index in [4.69, 9.17) is 4.74 Å². The zero-order valence-electron chi connectivity index (χ0n) is 10.9. The Morgan fingerprint density at radius 2 is 1.89 bits per heavy atom. The van der Waals surface area contributed by atoms with Crippen molar-refractivity contribution in [1.82, 2.24) is 4.83 Å². The van der Waals surface area contributed by atoms with Crippen LogP contribution in [0.5, 0.6) is 0 Å². The average Bonchev–Trinajstić information content (AvgIpc) is 2.65. The van der Waals surface area contributed by atoms with E-state index < -0.39 is 10.0 Å². The smallest absolute Gasteiger partial charge is 0.276 e. The summed E-state index contributed by atoms with van der Waals surface area (Å²) >= 11 is 0. The molecule has 0 unspecified atom stereocenters. The van der Waals surface area contributed by atoms with Crippen LogP contribution in [0, 0.1) is 6.92 Å². The maximum absolute atomic E-state index is 12.0. The largest absolute Gasteiger partial charge is 0.381 e. The fourth-order valence-corrected chi connectivity index (χ4v) is 2.65. The molecule has 2 rings (SSSR count). The van der Waals surface area contributed by atoms with Crippen molar-refractivity contribution < 1.29 is 13.2 Å². The number of rotatable bonds is 3. The Labute approximate surface area is 113 Å². The zero-order valence-corrected chi connectivity index (χ0v) is 11.7. The Kier molecular flexibility index (Phi) is 4.55. The summed E-state index contributed by atoms with van der Waals surface area (Å²) in [6.45, 7) is 3.23. The van der Waals surface area contributed by atoms with Crippen molar-refractivity contribution in [3.8, 4) is 0 Å². The van der Waals surface area contributed by atoms with Crippen LogP contribution in [0.3, 0.4) is 0 Å². The van der Waals surface area contributed by atoms with E-state index in [0.717, 1.165) is 24.1 Å². The Morgan fingerprint density at radius 1 is 1.16 bits per heavy atom. The monoisotopic (exact) mass is 282 g/mol. The molecule has 0 spiro atoms. The first-order valence-electron chi connectivity index (χ1n) is 6.29. The first-order chi connectivity index (χ1) is 9.08. The number of nitrogens with zero attached hydrogens (tertiary/aromatic N) is 1. The van der Waals surface area contributed by atoms with Crippen molar-refractivity contribution in [3.63, 3.8) is 0 Å². The van der Waals surface area contributed by atoms with Crippen molar-refractivity contribution >= 4 is 15.7 Å². The molecule has 104 valence electrons. The summed E-state index contributed by atoms with van der Waals surface area (Å²) in [6.07, 6.45) is 2.33. The minimum Gasteiger partial charge on any atom is -0.381 e. The van der Waals surface area contributed by atoms with Crippen LogP contribution in [-0.2, 0) is 14.8 Å². The lowest BCUT2D eigenvalue weighted by Gasteiger charge is -2.06. The van der Waals surface area contributed by atoms with Gasteiger partial charge in [-0.2, -0.15) is 13.5 Å². The summed E-state index contributed by atoms with van der Waals surface area (Å²) < 4.78 is 29.3. The summed E-state index contributed by atoms with van der Waals surface area (Å²) in [5.41, 5.74) is 1.86. The number of aryl methyl sites for hydroxylation is 1. The lowest BCUT2D eigenvalue weighted by Crippen LogP contribution is -2.20. The number of hydrazone groups is 1. The molecule has 0 amide bonds. The molecule has 6 heteroatoms. The average molecular weight is 282 g/mol. The van der Waals surface area contributed by atoms with Crippen LogP contribution in [0.4, 0.5) is 0 Å². The maximum atomic E-state index is 12.0. The van der Waals surface area contributed by atoms with Crippen LogP contribution in [0.15, 0.2) is 34.3 Å². The number of sulfonamides is 1. The van der Waals surface area contributed by atoms with Crippen LogP contribution in [0.2, 0.25) is 0 Å². The number of nitrogens with one attached hydrogen (secondary N) is 1. The van der Waals surface area contributed by atoms with Crippen LogP contribution < -0.4 is 4.83 Å². The SMILES string of the molecule is Cc1ccc(S(=O)(=O)N/N=C2\CCCOCC2)cc1. The van der Waals surface area contributed by atoms with Crippen molar-refractivity contribution in [3.05, 3.63) is 29.8 Å². The first-order valence-corrected chi connectivity index (χ1v) is 7.78. The molecule has 0 saturated carbocycles. The molecule has 1 N–H and O–H groups in total. The van der Waals surface area contributed by atoms with E-state index in [9.17, 15) is 8.42 Å². The zero-order chi connectivity index (χ0) is 13.7. The topological polar surface area (TPSA) is 67.8 Å². The van der Waals surface area contributed by atoms with Gasteiger partial charge in [0, 0.05) is 18.7 Å². The van der Waals surface area contributed by atoms with Gasteiger partial charge in [-0.25, -0.2) is 4.83 Å². The van der Waals surface area contributed by atoms with Gasteiger partial charge >= 0.3 is 0 Å². The Bertz CT molecular complexity index is 540. The van der Waals surface area contributed by atoms with Gasteiger partial charge in [0.1, 0.15) is 0 Å². The van der Waals surface area contributed by atoms with E-state index in [1.165, 1.54) is 0 Å². The molecule has 1 aliphatic heterocycles. The molecule has 1 saturated heterocycles. The minimum atomic E-state index is -3.57. The molecule has 1 fully saturated rings. The van der Waals surface area contributed by atoms with Crippen molar-refractivity contribution in [2.45, 2.75) is 31.1 Å². The fourth-order valence-electron chi connectivity index (χ4n) is 1.80. The van der Waals surface area contributed by atoms with Gasteiger partial charge in [-0.05, 0) is 31.9 Å². The maximum Gasteiger partial charge on any atom is 0.276 e. The molecule has 0 radical (unpaired) electrons. The van der Waals surface area contributed by atoms with E-state index in [-0.39, 0.29) is 4.90 Å². The fraction of sp³-hybridized carbons (Fsp3) is 0.462. The van der Waals surface area contributed by atoms with Crippen LogP contribution in [-0.4, -0.2) is 27.3 Å². The summed E-state index contributed by atoms with van der Waals surface area (Å²) in [5, 5.41) is 4.01. The molecule has 0 aliphatic carbocycles. The highest BCUT2D eigenvalue weighted by molar-refractivity contribution is 7.89. The standard InChI is InChI=1S/C13H18N2O3S/c1-11-4-6-13(7-5-11)19(16,17)15-14-12-3-2-9-18-10-8-12/h4-7,15H,2-3,8-10H2,1H3/b14-12+. The van der Waals surface area contributed by atoms with Gasteiger partial charge in [0.15, 0.2) is 0 Å². The molecule has 0 bridgehead atoms. The van der Waals surface area contributed by atoms with Gasteiger partial charge in [-0.1, -0.05) is 17.7 Å². The molecular weight excluding hydrogens is 264 g/mol. The Hall–Kier alpha value is -1.40. The van der Waals surface area contributed by atoms with Gasteiger partial charge in [0.2, 0.25) is 0 Å². The van der Waals surface area contributed by atoms with Crippen LogP contribution >= 0.6 is 0 Å². The highest BCUT2D eigenvalue weighted by atomic mass is 32.2. The summed E-state index contributed by atoms with van der Waals surface area (Å²) in [7, 11) is -3.57. The predicted octanol–water partition coefficient (Wildman–Crippen LogP) is 1.83. The second-order valence-electron chi connectivity index (χ2n) is 4.55. The minimum absolute atomic E-state index is 0.229. The number of ether oxygens (including phenoxy) is 1. The Morgan fingerprint density at radius 3 is 2.63 bits per heavy atom. The molecule has 1 aliphatic rings. The van der Waals surface area contributed by atoms with E-state index >= 15 is 0 Å². The van der Waals surface area contributed by atoms with Gasteiger partial charge in [0.25, 0.3) is 10.0 Å². The molecule has 0 atom stereocenters. The van der Waals surface area contributed by atoms with Gasteiger partial charge in [-0.15, -0.1) is 0 Å². The van der Waals surface area contributed by atoms with E-state index in [2.05, 4.69) is 9.93 Å². The van der Waals surface area contributed by atoms with Crippen molar-refractivity contribution in [1.29, 1.82) is 0 Å². The molecule has 0 aromatic heterocycles. The summed E-state index contributed by atoms with van der Waals surface area (Å²) in [6, 6.07) is 6.69. The van der Waals surface area contributed by atoms with Crippen molar-refractivity contribution in [2.24, 2.45) is 5.10 Å². The number of hydrogen-bond acceptors (Lipinski definition) is 4. The molecule has 1 aromatic rings. The third-order valence-electron chi connectivity index (χ3n) is 2.94. The predicted molar refractivity (Wildman–Crippen MR) is 73.6 cm³/mol. The first kappa shape index (κ1) is 14.0. The van der Waals surface area contributed by atoms with E-state index in [1.807, 2.05) is 6.92 Å².